The Kier molecular flexibility index (Phi) is 5.30. The molecule has 1 aromatic heterocycles. The Morgan fingerprint density at radius 3 is 2.92 bits per heavy atom. The van der Waals surface area contributed by atoms with Gasteiger partial charge in [0.05, 0.1) is 23.8 Å². The first-order chi connectivity index (χ1) is 12.1. The van der Waals surface area contributed by atoms with Gasteiger partial charge in [-0.3, -0.25) is 10.1 Å². The van der Waals surface area contributed by atoms with Crippen LogP contribution in [0.1, 0.15) is 18.6 Å². The van der Waals surface area contributed by atoms with Crippen LogP contribution in [0.5, 0.6) is 0 Å². The second kappa shape index (κ2) is 7.80. The Morgan fingerprint density at radius 2 is 2.24 bits per heavy atom. The van der Waals surface area contributed by atoms with Crippen LogP contribution in [0.2, 0.25) is 0 Å². The minimum Gasteiger partial charge on any atom is -0.467 e. The molecule has 1 atom stereocenters. The van der Waals surface area contributed by atoms with Crippen molar-refractivity contribution in [3.63, 3.8) is 0 Å². The summed E-state index contributed by atoms with van der Waals surface area (Å²) in [5.74, 6) is 0.659. The van der Waals surface area contributed by atoms with Crippen molar-refractivity contribution in [2.24, 2.45) is 0 Å². The molecule has 2 amide bonds. The van der Waals surface area contributed by atoms with E-state index in [1.807, 2.05) is 0 Å². The monoisotopic (exact) mass is 345 g/mol. The van der Waals surface area contributed by atoms with Gasteiger partial charge in [0.1, 0.15) is 5.76 Å². The number of rotatable bonds is 6. The minimum atomic E-state index is -0.497. The first kappa shape index (κ1) is 17.0. The van der Waals surface area contributed by atoms with Crippen molar-refractivity contribution in [1.82, 2.24) is 4.90 Å². The van der Waals surface area contributed by atoms with Gasteiger partial charge < -0.3 is 19.4 Å². The fraction of sp³-hybridized carbons (Fsp3) is 0.353. The lowest BCUT2D eigenvalue weighted by Crippen LogP contribution is -2.39. The van der Waals surface area contributed by atoms with E-state index in [2.05, 4.69) is 5.32 Å². The van der Waals surface area contributed by atoms with E-state index in [0.29, 0.717) is 31.1 Å². The number of nitro benzene ring substituents is 1. The second-order valence-corrected chi connectivity index (χ2v) is 5.83. The number of carbonyl (C=O) groups is 1. The summed E-state index contributed by atoms with van der Waals surface area (Å²) in [6.45, 7) is 1.43. The number of anilines is 1. The van der Waals surface area contributed by atoms with Gasteiger partial charge in [0.15, 0.2) is 0 Å². The summed E-state index contributed by atoms with van der Waals surface area (Å²) in [7, 11) is 0. The van der Waals surface area contributed by atoms with Crippen LogP contribution in [-0.2, 0) is 11.3 Å². The Balaban J connectivity index is 1.71. The number of amides is 2. The van der Waals surface area contributed by atoms with Crippen LogP contribution in [0.3, 0.4) is 0 Å². The molecule has 1 saturated heterocycles. The summed E-state index contributed by atoms with van der Waals surface area (Å²) in [6.07, 6.45) is 3.42. The maximum Gasteiger partial charge on any atom is 0.322 e. The van der Waals surface area contributed by atoms with Gasteiger partial charge in [0.25, 0.3) is 5.69 Å². The zero-order chi connectivity index (χ0) is 17.6. The van der Waals surface area contributed by atoms with Crippen molar-refractivity contribution in [1.29, 1.82) is 0 Å². The molecule has 1 aliphatic rings. The average molecular weight is 345 g/mol. The lowest BCUT2D eigenvalue weighted by atomic mass is 10.2. The highest BCUT2D eigenvalue weighted by Crippen LogP contribution is 2.19. The zero-order valence-electron chi connectivity index (χ0n) is 13.6. The number of nitrogens with one attached hydrogen (secondary N) is 1. The van der Waals surface area contributed by atoms with Gasteiger partial charge in [0, 0.05) is 31.0 Å². The van der Waals surface area contributed by atoms with E-state index in [4.69, 9.17) is 9.15 Å². The molecule has 8 nitrogen and oxygen atoms in total. The number of hydrogen-bond acceptors (Lipinski definition) is 5. The lowest BCUT2D eigenvalue weighted by molar-refractivity contribution is -0.384. The highest BCUT2D eigenvalue weighted by molar-refractivity contribution is 5.89. The summed E-state index contributed by atoms with van der Waals surface area (Å²) < 4.78 is 10.9. The van der Waals surface area contributed by atoms with Crippen molar-refractivity contribution in [2.75, 3.05) is 18.5 Å². The highest BCUT2D eigenvalue weighted by atomic mass is 16.6. The largest absolute Gasteiger partial charge is 0.467 e. The molecule has 2 aromatic rings. The molecule has 0 radical (unpaired) electrons. The quantitative estimate of drug-likeness (QED) is 0.639. The van der Waals surface area contributed by atoms with E-state index in [9.17, 15) is 14.9 Å². The first-order valence-corrected chi connectivity index (χ1v) is 8.06. The number of ether oxygens (including phenoxy) is 1. The van der Waals surface area contributed by atoms with Crippen LogP contribution < -0.4 is 5.32 Å². The Hall–Kier alpha value is -2.87. The van der Waals surface area contributed by atoms with Gasteiger partial charge in [-0.25, -0.2) is 4.79 Å². The molecular weight excluding hydrogens is 326 g/mol. The molecule has 25 heavy (non-hydrogen) atoms. The maximum atomic E-state index is 12.7. The molecule has 0 aliphatic carbocycles. The van der Waals surface area contributed by atoms with Crippen LogP contribution >= 0.6 is 0 Å². The maximum absolute atomic E-state index is 12.7. The van der Waals surface area contributed by atoms with Crippen LogP contribution in [0, 0.1) is 10.1 Å². The van der Waals surface area contributed by atoms with E-state index >= 15 is 0 Å². The van der Waals surface area contributed by atoms with E-state index in [1.165, 1.54) is 18.2 Å². The molecule has 1 unspecified atom stereocenters. The van der Waals surface area contributed by atoms with Gasteiger partial charge in [-0.2, -0.15) is 0 Å². The van der Waals surface area contributed by atoms with Crippen LogP contribution in [0.25, 0.3) is 0 Å². The lowest BCUT2D eigenvalue weighted by Gasteiger charge is -2.25. The SMILES string of the molecule is O=C(Nc1cccc([N+](=O)[O-])c1)N(Cc1ccco1)CC1CCCO1. The van der Waals surface area contributed by atoms with Gasteiger partial charge in [-0.05, 0) is 31.0 Å². The fourth-order valence-electron chi connectivity index (χ4n) is 2.74. The normalized spacial score (nSPS) is 16.6. The number of nitrogens with zero attached hydrogens (tertiary/aromatic N) is 2. The van der Waals surface area contributed by atoms with E-state index in [1.54, 1.807) is 29.4 Å². The van der Waals surface area contributed by atoms with Gasteiger partial charge in [0.2, 0.25) is 0 Å². The predicted octanol–water partition coefficient (Wildman–Crippen LogP) is 3.40. The molecule has 1 aliphatic heterocycles. The Labute approximate surface area is 144 Å². The van der Waals surface area contributed by atoms with Crippen molar-refractivity contribution >= 4 is 17.4 Å². The fourth-order valence-corrected chi connectivity index (χ4v) is 2.74. The number of carbonyl (C=O) groups excluding carboxylic acids is 1. The van der Waals surface area contributed by atoms with Crippen molar-refractivity contribution in [3.8, 4) is 0 Å². The predicted molar refractivity (Wildman–Crippen MR) is 90.2 cm³/mol. The third-order valence-corrected chi connectivity index (χ3v) is 3.97. The second-order valence-electron chi connectivity index (χ2n) is 5.83. The number of nitro groups is 1. The number of urea groups is 1. The summed E-state index contributed by atoms with van der Waals surface area (Å²) in [5, 5.41) is 13.6. The number of benzene rings is 1. The van der Waals surface area contributed by atoms with E-state index in [0.717, 1.165) is 12.8 Å². The molecule has 0 spiro atoms. The van der Waals surface area contributed by atoms with Crippen molar-refractivity contribution in [3.05, 3.63) is 58.5 Å². The third kappa shape index (κ3) is 4.57. The Morgan fingerprint density at radius 1 is 1.36 bits per heavy atom. The molecule has 1 fully saturated rings. The smallest absolute Gasteiger partial charge is 0.322 e. The molecule has 1 aromatic carbocycles. The number of hydrogen-bond donors (Lipinski definition) is 1. The molecule has 1 N–H and O–H groups in total. The standard InChI is InChI=1S/C17H19N3O5/c21-17(18-13-4-1-5-14(10-13)20(22)23)19(11-15-6-2-8-24-15)12-16-7-3-9-25-16/h1-2,4-6,8,10,16H,3,7,9,11-12H2,(H,18,21). The van der Waals surface area contributed by atoms with Gasteiger partial charge in [-0.15, -0.1) is 0 Å². The first-order valence-electron chi connectivity index (χ1n) is 8.06. The van der Waals surface area contributed by atoms with Crippen LogP contribution in [-0.4, -0.2) is 35.1 Å². The molecule has 0 bridgehead atoms. The van der Waals surface area contributed by atoms with Crippen LogP contribution in [0.4, 0.5) is 16.2 Å². The highest BCUT2D eigenvalue weighted by Gasteiger charge is 2.24. The van der Waals surface area contributed by atoms with E-state index in [-0.39, 0.29) is 17.8 Å². The molecular formula is C17H19N3O5. The average Bonchev–Trinajstić information content (AvgIpc) is 3.28. The zero-order valence-corrected chi connectivity index (χ0v) is 13.6. The van der Waals surface area contributed by atoms with E-state index < -0.39 is 4.92 Å². The summed E-state index contributed by atoms with van der Waals surface area (Å²) in [5.41, 5.74) is 0.297. The van der Waals surface area contributed by atoms with Gasteiger partial charge in [-0.1, -0.05) is 6.07 Å². The summed E-state index contributed by atoms with van der Waals surface area (Å²) in [6, 6.07) is 9.05. The van der Waals surface area contributed by atoms with Crippen molar-refractivity contribution in [2.45, 2.75) is 25.5 Å². The van der Waals surface area contributed by atoms with Crippen molar-refractivity contribution < 1.29 is 18.9 Å². The third-order valence-electron chi connectivity index (χ3n) is 3.97. The molecule has 3 rings (SSSR count). The summed E-state index contributed by atoms with van der Waals surface area (Å²) in [4.78, 5) is 24.6. The molecule has 0 saturated carbocycles. The topological polar surface area (TPSA) is 97.8 Å². The number of non-ortho nitro benzene ring substituents is 1. The van der Waals surface area contributed by atoms with Crippen LogP contribution in [0.15, 0.2) is 47.1 Å². The summed E-state index contributed by atoms with van der Waals surface area (Å²) >= 11 is 0. The molecule has 132 valence electrons. The minimum absolute atomic E-state index is 0.00850. The number of furan rings is 1. The molecule has 2 heterocycles. The Bertz CT molecular complexity index is 726. The molecule has 8 heteroatoms. The van der Waals surface area contributed by atoms with Gasteiger partial charge >= 0.3 is 6.03 Å².